The Hall–Kier alpha value is -0.820. The number of nitrogens with zero attached hydrogens (tertiary/aromatic N) is 1. The standard InChI is InChI=1S/C4H10N2O4S/c1-3-10-4(5-7)6-11(2,8)9/h7H,3H2,1-2H3,(H,5,6). The van der Waals surface area contributed by atoms with E-state index in [1.165, 1.54) is 5.48 Å². The highest BCUT2D eigenvalue weighted by atomic mass is 32.2. The highest BCUT2D eigenvalue weighted by Crippen LogP contribution is 1.86. The van der Waals surface area contributed by atoms with Crippen LogP contribution in [-0.2, 0) is 14.8 Å². The lowest BCUT2D eigenvalue weighted by atomic mass is 10.9. The highest BCUT2D eigenvalue weighted by molar-refractivity contribution is 7.89. The Balaban J connectivity index is 4.36. The van der Waals surface area contributed by atoms with Crippen LogP contribution in [0.3, 0.4) is 0 Å². The monoisotopic (exact) mass is 182 g/mol. The van der Waals surface area contributed by atoms with E-state index in [-0.39, 0.29) is 6.61 Å². The fourth-order valence-electron chi connectivity index (χ4n) is 0.366. The SMILES string of the molecule is CCO/C(=N/S(C)(=O)=O)NO. The van der Waals surface area contributed by atoms with E-state index in [1.54, 1.807) is 6.92 Å². The average Bonchev–Trinajstić information content (AvgIpc) is 1.84. The Morgan fingerprint density at radius 1 is 1.73 bits per heavy atom. The van der Waals surface area contributed by atoms with Crippen molar-refractivity contribution in [1.82, 2.24) is 5.48 Å². The van der Waals surface area contributed by atoms with Crippen LogP contribution in [0.1, 0.15) is 6.92 Å². The Bertz CT molecular complexity index is 232. The minimum absolute atomic E-state index is 0.224. The normalized spacial score (nSPS) is 12.8. The van der Waals surface area contributed by atoms with Crippen LogP contribution in [0.2, 0.25) is 0 Å². The maximum Gasteiger partial charge on any atom is 0.325 e. The topological polar surface area (TPSA) is 88.0 Å². The summed E-state index contributed by atoms with van der Waals surface area (Å²) in [4.78, 5) is 0. The Morgan fingerprint density at radius 2 is 2.27 bits per heavy atom. The molecule has 0 aliphatic heterocycles. The highest BCUT2D eigenvalue weighted by Gasteiger charge is 2.02. The zero-order valence-electron chi connectivity index (χ0n) is 6.23. The maximum absolute atomic E-state index is 10.5. The van der Waals surface area contributed by atoms with Gasteiger partial charge in [0.05, 0.1) is 12.9 Å². The first-order chi connectivity index (χ1) is 4.99. The molecule has 11 heavy (non-hydrogen) atoms. The van der Waals surface area contributed by atoms with Gasteiger partial charge in [0.15, 0.2) is 0 Å². The van der Waals surface area contributed by atoms with E-state index in [0.717, 1.165) is 6.26 Å². The molecule has 0 saturated carbocycles. The molecule has 0 saturated heterocycles. The van der Waals surface area contributed by atoms with Crippen LogP contribution < -0.4 is 5.48 Å². The van der Waals surface area contributed by atoms with Gasteiger partial charge in [0.25, 0.3) is 10.0 Å². The van der Waals surface area contributed by atoms with Crippen molar-refractivity contribution in [3.63, 3.8) is 0 Å². The van der Waals surface area contributed by atoms with Gasteiger partial charge in [0.1, 0.15) is 0 Å². The number of nitrogens with one attached hydrogen (secondary N) is 1. The molecule has 0 heterocycles. The van der Waals surface area contributed by atoms with E-state index >= 15 is 0 Å². The molecule has 66 valence electrons. The number of hydrogen-bond acceptors (Lipinski definition) is 4. The van der Waals surface area contributed by atoms with E-state index in [2.05, 4.69) is 9.13 Å². The summed E-state index contributed by atoms with van der Waals surface area (Å²) in [6.07, 6.45) is 0.892. The summed E-state index contributed by atoms with van der Waals surface area (Å²) >= 11 is 0. The van der Waals surface area contributed by atoms with E-state index < -0.39 is 16.0 Å². The number of sulfonamides is 1. The average molecular weight is 182 g/mol. The molecule has 0 amide bonds. The molecule has 0 rings (SSSR count). The molecule has 0 aliphatic carbocycles. The zero-order chi connectivity index (χ0) is 8.91. The lowest BCUT2D eigenvalue weighted by molar-refractivity contribution is 0.181. The summed E-state index contributed by atoms with van der Waals surface area (Å²) in [7, 11) is -3.52. The summed E-state index contributed by atoms with van der Waals surface area (Å²) in [5.41, 5.74) is 1.51. The summed E-state index contributed by atoms with van der Waals surface area (Å²) in [6, 6.07) is -0.421. The minimum atomic E-state index is -3.52. The van der Waals surface area contributed by atoms with Crippen molar-refractivity contribution in [2.24, 2.45) is 4.40 Å². The Morgan fingerprint density at radius 3 is 2.55 bits per heavy atom. The van der Waals surface area contributed by atoms with Crippen molar-refractivity contribution in [3.8, 4) is 0 Å². The second-order valence-electron chi connectivity index (χ2n) is 1.67. The molecule has 6 nitrogen and oxygen atoms in total. The second-order valence-corrected chi connectivity index (χ2v) is 3.32. The van der Waals surface area contributed by atoms with Gasteiger partial charge in [-0.05, 0) is 6.92 Å². The largest absolute Gasteiger partial charge is 0.463 e. The molecular formula is C4H10N2O4S. The number of ether oxygens (including phenoxy) is 1. The third kappa shape index (κ3) is 5.62. The minimum Gasteiger partial charge on any atom is -0.463 e. The fraction of sp³-hybridized carbons (Fsp3) is 0.750. The van der Waals surface area contributed by atoms with Crippen LogP contribution in [0.15, 0.2) is 4.40 Å². The molecule has 0 fully saturated rings. The summed E-state index contributed by atoms with van der Waals surface area (Å²) in [5, 5.41) is 8.25. The van der Waals surface area contributed by atoms with Gasteiger partial charge in [-0.1, -0.05) is 0 Å². The van der Waals surface area contributed by atoms with Crippen molar-refractivity contribution in [3.05, 3.63) is 0 Å². The van der Waals surface area contributed by atoms with E-state index in [4.69, 9.17) is 5.21 Å². The Labute approximate surface area is 64.9 Å². The fourth-order valence-corrected chi connectivity index (χ4v) is 0.761. The van der Waals surface area contributed by atoms with Crippen molar-refractivity contribution < 1.29 is 18.4 Å². The molecule has 0 aliphatic rings. The molecule has 0 unspecified atom stereocenters. The molecule has 0 atom stereocenters. The molecule has 0 aromatic carbocycles. The van der Waals surface area contributed by atoms with Crippen molar-refractivity contribution in [2.75, 3.05) is 12.9 Å². The van der Waals surface area contributed by atoms with E-state index in [9.17, 15) is 8.42 Å². The third-order valence-corrected chi connectivity index (χ3v) is 1.12. The summed E-state index contributed by atoms with van der Waals surface area (Å²) < 4.78 is 28.5. The van der Waals surface area contributed by atoms with Gasteiger partial charge < -0.3 is 4.74 Å². The zero-order valence-corrected chi connectivity index (χ0v) is 7.05. The van der Waals surface area contributed by atoms with Crippen LogP contribution >= 0.6 is 0 Å². The van der Waals surface area contributed by atoms with Gasteiger partial charge in [0, 0.05) is 0 Å². The van der Waals surface area contributed by atoms with Crippen LogP contribution in [0.4, 0.5) is 0 Å². The smallest absolute Gasteiger partial charge is 0.325 e. The Kier molecular flexibility index (Phi) is 3.83. The number of hydroxylamine groups is 1. The summed E-state index contributed by atoms with van der Waals surface area (Å²) in [6.45, 7) is 1.86. The first kappa shape index (κ1) is 10.2. The lowest BCUT2D eigenvalue weighted by Crippen LogP contribution is -2.23. The van der Waals surface area contributed by atoms with E-state index in [1.807, 2.05) is 0 Å². The lowest BCUT2D eigenvalue weighted by Gasteiger charge is -2.02. The second kappa shape index (κ2) is 4.14. The third-order valence-electron chi connectivity index (χ3n) is 0.625. The van der Waals surface area contributed by atoms with Gasteiger partial charge in [-0.15, -0.1) is 4.40 Å². The maximum atomic E-state index is 10.5. The number of hydrogen-bond donors (Lipinski definition) is 2. The van der Waals surface area contributed by atoms with Crippen molar-refractivity contribution in [1.29, 1.82) is 0 Å². The first-order valence-electron chi connectivity index (χ1n) is 2.82. The molecule has 2 N–H and O–H groups in total. The van der Waals surface area contributed by atoms with Gasteiger partial charge in [-0.3, -0.25) is 5.21 Å². The van der Waals surface area contributed by atoms with Crippen LogP contribution in [-0.4, -0.2) is 32.5 Å². The molecule has 7 heteroatoms. The molecule has 0 aromatic rings. The predicted octanol–water partition coefficient (Wildman–Crippen LogP) is -0.683. The van der Waals surface area contributed by atoms with Crippen LogP contribution in [0.5, 0.6) is 0 Å². The molecular weight excluding hydrogens is 172 g/mol. The van der Waals surface area contributed by atoms with Gasteiger partial charge in [-0.2, -0.15) is 0 Å². The molecule has 0 bridgehead atoms. The van der Waals surface area contributed by atoms with Crippen LogP contribution in [0.25, 0.3) is 0 Å². The first-order valence-corrected chi connectivity index (χ1v) is 4.67. The van der Waals surface area contributed by atoms with E-state index in [0.29, 0.717) is 0 Å². The molecule has 0 aromatic heterocycles. The van der Waals surface area contributed by atoms with Gasteiger partial charge in [0.2, 0.25) is 0 Å². The summed E-state index contributed by atoms with van der Waals surface area (Å²) in [5.74, 6) is 0. The van der Waals surface area contributed by atoms with Gasteiger partial charge in [-0.25, -0.2) is 13.9 Å². The predicted molar refractivity (Wildman–Crippen MR) is 38.8 cm³/mol. The quantitative estimate of drug-likeness (QED) is 0.335. The number of amidine groups is 1. The number of rotatable bonds is 2. The van der Waals surface area contributed by atoms with Gasteiger partial charge >= 0.3 is 6.02 Å². The molecule has 0 spiro atoms. The van der Waals surface area contributed by atoms with Crippen molar-refractivity contribution >= 4 is 16.0 Å². The van der Waals surface area contributed by atoms with Crippen molar-refractivity contribution in [2.45, 2.75) is 6.92 Å². The molecule has 0 radical (unpaired) electrons. The van der Waals surface area contributed by atoms with Crippen LogP contribution in [0, 0.1) is 0 Å².